The van der Waals surface area contributed by atoms with Crippen molar-refractivity contribution in [3.63, 3.8) is 0 Å². The van der Waals surface area contributed by atoms with E-state index in [1.807, 2.05) is 13.8 Å². The third kappa shape index (κ3) is 1.93. The van der Waals surface area contributed by atoms with Gasteiger partial charge in [-0.1, -0.05) is 19.3 Å². The summed E-state index contributed by atoms with van der Waals surface area (Å²) in [5, 5.41) is 2.82. The molecular formula is C12H20N2O2. The van der Waals surface area contributed by atoms with Gasteiger partial charge in [-0.2, -0.15) is 0 Å². The van der Waals surface area contributed by atoms with Crippen molar-refractivity contribution in [2.45, 2.75) is 52.0 Å². The lowest BCUT2D eigenvalue weighted by atomic mass is 9.86. The Kier molecular flexibility index (Phi) is 2.91. The van der Waals surface area contributed by atoms with Gasteiger partial charge >= 0.3 is 6.03 Å². The van der Waals surface area contributed by atoms with Gasteiger partial charge in [0.2, 0.25) is 5.91 Å². The molecule has 0 spiro atoms. The zero-order valence-electron chi connectivity index (χ0n) is 10.1. The fourth-order valence-corrected chi connectivity index (χ4v) is 2.55. The predicted molar refractivity (Wildman–Crippen MR) is 60.9 cm³/mol. The van der Waals surface area contributed by atoms with Crippen molar-refractivity contribution in [3.8, 4) is 0 Å². The quantitative estimate of drug-likeness (QED) is 0.739. The molecule has 0 radical (unpaired) electrons. The molecule has 2 aliphatic rings. The van der Waals surface area contributed by atoms with Gasteiger partial charge in [-0.05, 0) is 26.7 Å². The Morgan fingerprint density at radius 1 is 1.19 bits per heavy atom. The Morgan fingerprint density at radius 2 is 1.81 bits per heavy atom. The van der Waals surface area contributed by atoms with Crippen LogP contribution in [0.3, 0.4) is 0 Å². The maximum absolute atomic E-state index is 12.2. The number of carbonyl (C=O) groups excluding carboxylic acids is 2. The number of imide groups is 1. The minimum absolute atomic E-state index is 0.0110. The fourth-order valence-electron chi connectivity index (χ4n) is 2.55. The van der Waals surface area contributed by atoms with Crippen LogP contribution in [0, 0.1) is 5.41 Å². The van der Waals surface area contributed by atoms with Gasteiger partial charge in [-0.3, -0.25) is 9.69 Å². The van der Waals surface area contributed by atoms with Crippen molar-refractivity contribution in [2.75, 3.05) is 6.54 Å². The van der Waals surface area contributed by atoms with Crippen LogP contribution >= 0.6 is 0 Å². The number of rotatable bonds is 1. The smallest absolute Gasteiger partial charge is 0.324 e. The van der Waals surface area contributed by atoms with Crippen molar-refractivity contribution in [1.29, 1.82) is 0 Å². The summed E-state index contributed by atoms with van der Waals surface area (Å²) in [5.41, 5.74) is -0.453. The second-order valence-corrected chi connectivity index (χ2v) is 5.51. The summed E-state index contributed by atoms with van der Waals surface area (Å²) in [7, 11) is 0. The van der Waals surface area contributed by atoms with E-state index in [4.69, 9.17) is 0 Å². The monoisotopic (exact) mass is 224 g/mol. The Hall–Kier alpha value is -1.06. The number of nitrogens with one attached hydrogen (secondary N) is 1. The molecule has 2 rings (SSSR count). The summed E-state index contributed by atoms with van der Waals surface area (Å²) in [5.74, 6) is -0.0110. The molecule has 0 bridgehead atoms. The number of hydrogen-bond donors (Lipinski definition) is 1. The molecule has 0 aromatic carbocycles. The molecule has 4 nitrogen and oxygen atoms in total. The average molecular weight is 224 g/mol. The Morgan fingerprint density at radius 3 is 2.44 bits per heavy atom. The second-order valence-electron chi connectivity index (χ2n) is 5.51. The van der Waals surface area contributed by atoms with Crippen molar-refractivity contribution < 1.29 is 9.59 Å². The summed E-state index contributed by atoms with van der Waals surface area (Å²) in [6.07, 6.45) is 5.42. The van der Waals surface area contributed by atoms with E-state index in [0.29, 0.717) is 6.54 Å². The number of nitrogens with zero attached hydrogens (tertiary/aromatic N) is 1. The van der Waals surface area contributed by atoms with Gasteiger partial charge in [0.15, 0.2) is 0 Å². The first-order valence-electron chi connectivity index (χ1n) is 6.14. The summed E-state index contributed by atoms with van der Waals surface area (Å²) in [4.78, 5) is 25.5. The molecule has 1 heterocycles. The van der Waals surface area contributed by atoms with E-state index in [9.17, 15) is 9.59 Å². The van der Waals surface area contributed by atoms with E-state index < -0.39 is 5.41 Å². The van der Waals surface area contributed by atoms with Crippen LogP contribution in [0.25, 0.3) is 0 Å². The van der Waals surface area contributed by atoms with Crippen molar-refractivity contribution in [3.05, 3.63) is 0 Å². The van der Waals surface area contributed by atoms with E-state index in [1.54, 1.807) is 0 Å². The molecule has 0 aromatic rings. The van der Waals surface area contributed by atoms with Crippen molar-refractivity contribution in [1.82, 2.24) is 10.2 Å². The normalized spacial score (nSPS) is 26.8. The van der Waals surface area contributed by atoms with E-state index in [-0.39, 0.29) is 18.0 Å². The summed E-state index contributed by atoms with van der Waals surface area (Å²) >= 11 is 0. The highest BCUT2D eigenvalue weighted by Gasteiger charge is 2.43. The number of amides is 3. The van der Waals surface area contributed by atoms with Gasteiger partial charge in [0, 0.05) is 12.6 Å². The maximum atomic E-state index is 12.2. The van der Waals surface area contributed by atoms with Gasteiger partial charge in [-0.15, -0.1) is 0 Å². The van der Waals surface area contributed by atoms with Crippen LogP contribution in [0.15, 0.2) is 0 Å². The molecule has 0 unspecified atom stereocenters. The largest absolute Gasteiger partial charge is 0.337 e. The highest BCUT2D eigenvalue weighted by atomic mass is 16.2. The van der Waals surface area contributed by atoms with E-state index in [2.05, 4.69) is 5.32 Å². The van der Waals surface area contributed by atoms with Crippen LogP contribution in [0.4, 0.5) is 4.79 Å². The SMILES string of the molecule is CC1(C)CNC(=O)N(C2CCCCC2)C1=O. The van der Waals surface area contributed by atoms with Crippen LogP contribution in [0.5, 0.6) is 0 Å². The van der Waals surface area contributed by atoms with Crippen molar-refractivity contribution in [2.24, 2.45) is 5.41 Å². The molecule has 1 N–H and O–H groups in total. The molecule has 1 aliphatic carbocycles. The highest BCUT2D eigenvalue weighted by molar-refractivity contribution is 6.00. The molecule has 1 saturated heterocycles. The first-order valence-corrected chi connectivity index (χ1v) is 6.14. The number of hydrogen-bond acceptors (Lipinski definition) is 2. The first kappa shape index (κ1) is 11.4. The highest BCUT2D eigenvalue weighted by Crippen LogP contribution is 2.29. The summed E-state index contributed by atoms with van der Waals surface area (Å²) < 4.78 is 0. The van der Waals surface area contributed by atoms with Gasteiger partial charge < -0.3 is 5.32 Å². The minimum atomic E-state index is -0.453. The maximum Gasteiger partial charge on any atom is 0.324 e. The van der Waals surface area contributed by atoms with Gasteiger partial charge in [0.25, 0.3) is 0 Å². The summed E-state index contributed by atoms with van der Waals surface area (Å²) in [6, 6.07) is -0.0722. The van der Waals surface area contributed by atoms with Crippen LogP contribution in [0.1, 0.15) is 46.0 Å². The number of carbonyl (C=O) groups is 2. The molecule has 1 saturated carbocycles. The molecule has 16 heavy (non-hydrogen) atoms. The lowest BCUT2D eigenvalue weighted by molar-refractivity contribution is -0.141. The molecule has 3 amide bonds. The zero-order valence-corrected chi connectivity index (χ0v) is 10.1. The Balaban J connectivity index is 2.16. The average Bonchev–Trinajstić information content (AvgIpc) is 2.27. The third-order valence-electron chi connectivity index (χ3n) is 3.64. The van der Waals surface area contributed by atoms with Crippen LogP contribution in [-0.4, -0.2) is 29.4 Å². The third-order valence-corrected chi connectivity index (χ3v) is 3.64. The number of urea groups is 1. The Labute approximate surface area is 96.4 Å². The minimum Gasteiger partial charge on any atom is -0.337 e. The first-order chi connectivity index (χ1) is 7.52. The molecule has 0 atom stereocenters. The molecule has 0 aromatic heterocycles. The lowest BCUT2D eigenvalue weighted by Gasteiger charge is -2.41. The van der Waals surface area contributed by atoms with E-state index >= 15 is 0 Å². The van der Waals surface area contributed by atoms with Gasteiger partial charge in [0.1, 0.15) is 0 Å². The zero-order chi connectivity index (χ0) is 11.8. The van der Waals surface area contributed by atoms with Gasteiger partial charge in [0.05, 0.1) is 5.41 Å². The second kappa shape index (κ2) is 4.07. The topological polar surface area (TPSA) is 49.4 Å². The molecule has 2 fully saturated rings. The fraction of sp³-hybridized carbons (Fsp3) is 0.833. The van der Waals surface area contributed by atoms with Crippen LogP contribution in [-0.2, 0) is 4.79 Å². The summed E-state index contributed by atoms with van der Waals surface area (Å²) in [6.45, 7) is 4.24. The molecule has 4 heteroatoms. The lowest BCUT2D eigenvalue weighted by Crippen LogP contribution is -2.61. The van der Waals surface area contributed by atoms with Crippen molar-refractivity contribution >= 4 is 11.9 Å². The molecule has 1 aliphatic heterocycles. The predicted octanol–water partition coefficient (Wildman–Crippen LogP) is 1.90. The van der Waals surface area contributed by atoms with E-state index in [1.165, 1.54) is 11.3 Å². The van der Waals surface area contributed by atoms with Gasteiger partial charge in [-0.25, -0.2) is 4.79 Å². The molecule has 90 valence electrons. The standard InChI is InChI=1S/C12H20N2O2/c1-12(2)8-13-11(16)14(10(12)15)9-6-4-3-5-7-9/h9H,3-8H2,1-2H3,(H,13,16). The van der Waals surface area contributed by atoms with E-state index in [0.717, 1.165) is 25.7 Å². The van der Waals surface area contributed by atoms with Crippen LogP contribution in [0.2, 0.25) is 0 Å². The Bertz CT molecular complexity index is 306. The van der Waals surface area contributed by atoms with Crippen LogP contribution < -0.4 is 5.32 Å². The molecular weight excluding hydrogens is 204 g/mol.